The molecule has 0 aliphatic carbocycles. The van der Waals surface area contributed by atoms with Gasteiger partial charge in [0.1, 0.15) is 5.75 Å². The van der Waals surface area contributed by atoms with Gasteiger partial charge in [-0.25, -0.2) is 0 Å². The van der Waals surface area contributed by atoms with Crippen molar-refractivity contribution in [1.29, 1.82) is 5.41 Å². The Bertz CT molecular complexity index is 899. The van der Waals surface area contributed by atoms with Gasteiger partial charge in [-0.05, 0) is 60.6 Å². The quantitative estimate of drug-likeness (QED) is 0.266. The highest BCUT2D eigenvalue weighted by Crippen LogP contribution is 2.26. The number of aryl methyl sites for hydroxylation is 1. The lowest BCUT2D eigenvalue weighted by atomic mass is 9.85. The van der Waals surface area contributed by atoms with Crippen LogP contribution < -0.4 is 10.5 Å². The van der Waals surface area contributed by atoms with Gasteiger partial charge in [-0.3, -0.25) is 10.4 Å². The van der Waals surface area contributed by atoms with E-state index in [9.17, 15) is 0 Å². The van der Waals surface area contributed by atoms with Crippen LogP contribution in [0.25, 0.3) is 5.70 Å². The molecule has 1 atom stereocenters. The first-order valence-corrected chi connectivity index (χ1v) is 12.1. The topological polar surface area (TPSA) is 74.7 Å². The minimum atomic E-state index is 0.137. The molecule has 1 aliphatic rings. The van der Waals surface area contributed by atoms with E-state index in [1.807, 2.05) is 49.1 Å². The molecule has 3 rings (SSSR count). The van der Waals surface area contributed by atoms with Crippen molar-refractivity contribution in [2.45, 2.75) is 47.0 Å². The molecule has 0 amide bonds. The summed E-state index contributed by atoms with van der Waals surface area (Å²) in [7, 11) is 0. The Morgan fingerprint density at radius 1 is 1.15 bits per heavy atom. The number of rotatable bonds is 10. The number of ether oxygens (including phenoxy) is 1. The number of guanidine groups is 1. The molecule has 3 N–H and O–H groups in total. The molecule has 1 unspecified atom stereocenters. The molecule has 0 radical (unpaired) electrons. The van der Waals surface area contributed by atoms with Gasteiger partial charge in [0.2, 0.25) is 0 Å². The zero-order valence-electron chi connectivity index (χ0n) is 20.7. The lowest BCUT2D eigenvalue weighted by Crippen LogP contribution is -2.56. The molecular weight excluding hydrogens is 408 g/mol. The third-order valence-corrected chi connectivity index (χ3v) is 5.93. The third kappa shape index (κ3) is 7.77. The Labute approximate surface area is 199 Å². The standard InChI is InChI=1S/C26H34N4O.C2H6/c1-4-19(2)25(23-17-30(18-23)26(27)28)29-20(3)22-12-14-24(15-13-22)31-16-8-11-21-9-6-5-7-10-21;1-2/h5-7,9-10,12-15,19,23H,3-4,8,11,16-18H2,1-2H3,(H3,27,28);1-2H3. The fraction of sp³-hybridized carbons (Fsp3) is 0.429. The van der Waals surface area contributed by atoms with Crippen LogP contribution in [-0.2, 0) is 6.42 Å². The molecule has 0 bridgehead atoms. The fourth-order valence-electron chi connectivity index (χ4n) is 3.75. The van der Waals surface area contributed by atoms with Crippen LogP contribution in [0.2, 0.25) is 0 Å². The second-order valence-electron chi connectivity index (χ2n) is 8.24. The number of hydrogen-bond acceptors (Lipinski definition) is 3. The highest BCUT2D eigenvalue weighted by molar-refractivity contribution is 5.95. The zero-order valence-corrected chi connectivity index (χ0v) is 20.7. The van der Waals surface area contributed by atoms with E-state index in [0.717, 1.165) is 55.1 Å². The van der Waals surface area contributed by atoms with Crippen molar-refractivity contribution < 1.29 is 4.74 Å². The molecule has 0 aromatic heterocycles. The third-order valence-electron chi connectivity index (χ3n) is 5.93. The second-order valence-corrected chi connectivity index (χ2v) is 8.24. The van der Waals surface area contributed by atoms with Gasteiger partial charge >= 0.3 is 0 Å². The Morgan fingerprint density at radius 2 is 1.79 bits per heavy atom. The summed E-state index contributed by atoms with van der Waals surface area (Å²) >= 11 is 0. The zero-order chi connectivity index (χ0) is 24.2. The average molecular weight is 449 g/mol. The van der Waals surface area contributed by atoms with E-state index in [2.05, 4.69) is 44.7 Å². The Hall–Kier alpha value is -3.08. The summed E-state index contributed by atoms with van der Waals surface area (Å²) in [6.45, 7) is 14.8. The van der Waals surface area contributed by atoms with Gasteiger partial charge < -0.3 is 15.4 Å². The molecule has 1 heterocycles. The maximum atomic E-state index is 7.57. The first-order chi connectivity index (χ1) is 16.0. The molecule has 33 heavy (non-hydrogen) atoms. The normalized spacial score (nSPS) is 14.5. The van der Waals surface area contributed by atoms with Gasteiger partial charge in [-0.1, -0.05) is 64.6 Å². The summed E-state index contributed by atoms with van der Waals surface area (Å²) in [4.78, 5) is 6.79. The van der Waals surface area contributed by atoms with E-state index in [-0.39, 0.29) is 5.96 Å². The van der Waals surface area contributed by atoms with Crippen LogP contribution in [0.15, 0.2) is 66.2 Å². The lowest BCUT2D eigenvalue weighted by molar-refractivity contribution is 0.236. The van der Waals surface area contributed by atoms with Crippen LogP contribution in [0.3, 0.4) is 0 Å². The van der Waals surface area contributed by atoms with E-state index in [1.165, 1.54) is 5.56 Å². The fourth-order valence-corrected chi connectivity index (χ4v) is 3.75. The molecular formula is C28H40N4O. The van der Waals surface area contributed by atoms with Crippen LogP contribution in [0.5, 0.6) is 5.75 Å². The number of nitrogens with one attached hydrogen (secondary N) is 1. The molecule has 0 saturated carbocycles. The first kappa shape index (κ1) is 26.2. The van der Waals surface area contributed by atoms with E-state index in [4.69, 9.17) is 20.9 Å². The van der Waals surface area contributed by atoms with Crippen molar-refractivity contribution in [1.82, 2.24) is 4.90 Å². The minimum absolute atomic E-state index is 0.137. The number of likely N-dealkylation sites (tertiary alicyclic amines) is 1. The highest BCUT2D eigenvalue weighted by atomic mass is 16.5. The van der Waals surface area contributed by atoms with Crippen molar-refractivity contribution in [3.05, 3.63) is 72.3 Å². The van der Waals surface area contributed by atoms with Crippen LogP contribution in [0.4, 0.5) is 0 Å². The molecule has 5 nitrogen and oxygen atoms in total. The highest BCUT2D eigenvalue weighted by Gasteiger charge is 2.33. The van der Waals surface area contributed by atoms with Crippen molar-refractivity contribution in [3.8, 4) is 5.75 Å². The monoisotopic (exact) mass is 448 g/mol. The molecule has 1 saturated heterocycles. The molecule has 178 valence electrons. The maximum Gasteiger partial charge on any atom is 0.188 e. The minimum Gasteiger partial charge on any atom is -0.494 e. The molecule has 1 aliphatic heterocycles. The van der Waals surface area contributed by atoms with Gasteiger partial charge in [-0.15, -0.1) is 0 Å². The van der Waals surface area contributed by atoms with E-state index >= 15 is 0 Å². The molecule has 2 aromatic carbocycles. The summed E-state index contributed by atoms with van der Waals surface area (Å²) in [5.74, 6) is 1.72. The summed E-state index contributed by atoms with van der Waals surface area (Å²) < 4.78 is 5.90. The smallest absolute Gasteiger partial charge is 0.188 e. The van der Waals surface area contributed by atoms with Crippen LogP contribution in [0, 0.1) is 17.2 Å². The van der Waals surface area contributed by atoms with Gasteiger partial charge in [0.25, 0.3) is 0 Å². The summed E-state index contributed by atoms with van der Waals surface area (Å²) in [5, 5.41) is 7.57. The van der Waals surface area contributed by atoms with Crippen molar-refractivity contribution in [3.63, 3.8) is 0 Å². The molecule has 0 spiro atoms. The summed E-state index contributed by atoms with van der Waals surface area (Å²) in [6, 6.07) is 18.5. The second kappa shape index (κ2) is 13.5. The van der Waals surface area contributed by atoms with Gasteiger partial charge in [0.05, 0.1) is 12.3 Å². The predicted octanol–water partition coefficient (Wildman–Crippen LogP) is 6.01. The number of benzene rings is 2. The number of aliphatic imine (C=N–C) groups is 1. The van der Waals surface area contributed by atoms with E-state index in [0.29, 0.717) is 18.4 Å². The van der Waals surface area contributed by atoms with Crippen molar-refractivity contribution in [2.24, 2.45) is 22.6 Å². The largest absolute Gasteiger partial charge is 0.494 e. The number of nitrogens with two attached hydrogens (primary N) is 1. The van der Waals surface area contributed by atoms with Crippen molar-refractivity contribution >= 4 is 17.4 Å². The Balaban J connectivity index is 0.00000187. The maximum absolute atomic E-state index is 7.57. The van der Waals surface area contributed by atoms with Crippen LogP contribution in [-0.4, -0.2) is 36.3 Å². The molecule has 1 fully saturated rings. The summed E-state index contributed by atoms with van der Waals surface area (Å²) in [6.07, 6.45) is 3.03. The van der Waals surface area contributed by atoms with Gasteiger partial charge in [0, 0.05) is 24.7 Å². The average Bonchev–Trinajstić information content (AvgIpc) is 2.81. The Kier molecular flexibility index (Phi) is 10.7. The van der Waals surface area contributed by atoms with Crippen LogP contribution >= 0.6 is 0 Å². The lowest BCUT2D eigenvalue weighted by Gasteiger charge is -2.41. The number of nitrogens with zero attached hydrogens (tertiary/aromatic N) is 2. The SMILES string of the molecule is C=C(N=C(C(C)CC)C1CN(C(=N)N)C1)c1ccc(OCCCc2ccccc2)cc1.CC. The predicted molar refractivity (Wildman–Crippen MR) is 141 cm³/mol. The molecule has 2 aromatic rings. The number of hydrogen-bond donors (Lipinski definition) is 2. The van der Waals surface area contributed by atoms with E-state index < -0.39 is 0 Å². The van der Waals surface area contributed by atoms with E-state index in [1.54, 1.807) is 0 Å². The molecule has 5 heteroatoms. The van der Waals surface area contributed by atoms with Crippen LogP contribution in [0.1, 0.15) is 51.7 Å². The Morgan fingerprint density at radius 3 is 2.36 bits per heavy atom. The summed E-state index contributed by atoms with van der Waals surface area (Å²) in [5.41, 5.74) is 9.86. The van der Waals surface area contributed by atoms with Gasteiger partial charge in [-0.2, -0.15) is 0 Å². The first-order valence-electron chi connectivity index (χ1n) is 12.1. The van der Waals surface area contributed by atoms with Crippen molar-refractivity contribution in [2.75, 3.05) is 19.7 Å². The van der Waals surface area contributed by atoms with Gasteiger partial charge in [0.15, 0.2) is 5.96 Å².